The lowest BCUT2D eigenvalue weighted by molar-refractivity contribution is -0.113. The highest BCUT2D eigenvalue weighted by Gasteiger charge is 2.23. The lowest BCUT2D eigenvalue weighted by atomic mass is 10.2. The maximum Gasteiger partial charge on any atom is 0.297 e. The van der Waals surface area contributed by atoms with Crippen LogP contribution in [0.3, 0.4) is 0 Å². The zero-order chi connectivity index (χ0) is 22.9. The molecule has 0 bridgehead atoms. The highest BCUT2D eigenvalue weighted by molar-refractivity contribution is 7.99. The van der Waals surface area contributed by atoms with Gasteiger partial charge in [-0.05, 0) is 43.2 Å². The Morgan fingerprint density at radius 2 is 2.15 bits per heavy atom. The minimum atomic E-state index is -0.563. The number of para-hydroxylation sites is 1. The number of anilines is 1. The summed E-state index contributed by atoms with van der Waals surface area (Å²) in [5, 5.41) is 3.74. The van der Waals surface area contributed by atoms with Gasteiger partial charge in [-0.2, -0.15) is 0 Å². The van der Waals surface area contributed by atoms with Gasteiger partial charge in [0.25, 0.3) is 5.56 Å². The number of benzene rings is 2. The summed E-state index contributed by atoms with van der Waals surface area (Å²) in [6.45, 7) is 0.987. The van der Waals surface area contributed by atoms with Crippen molar-refractivity contribution in [3.63, 3.8) is 0 Å². The molecule has 4 aromatic rings. The molecule has 5 rings (SSSR count). The van der Waals surface area contributed by atoms with Gasteiger partial charge in [-0.15, -0.1) is 0 Å². The predicted molar refractivity (Wildman–Crippen MR) is 126 cm³/mol. The van der Waals surface area contributed by atoms with Crippen LogP contribution in [0.2, 0.25) is 5.02 Å². The van der Waals surface area contributed by atoms with E-state index in [0.29, 0.717) is 35.1 Å². The van der Waals surface area contributed by atoms with Crippen molar-refractivity contribution in [1.82, 2.24) is 9.55 Å². The standard InChI is InChI=1S/C23H19ClFN3O4S/c24-16-10-13(7-8-17(16)25)26-19(29)12-33-23-27-20-15-5-1-2-6-18(15)32-21(20)22(30)28(23)11-14-4-3-9-31-14/h1-2,5-8,10,14H,3-4,9,11-12H2,(H,26,29)/t14-/m1/s1. The van der Waals surface area contributed by atoms with Crippen LogP contribution in [0, 0.1) is 5.82 Å². The van der Waals surface area contributed by atoms with E-state index >= 15 is 0 Å². The normalized spacial score (nSPS) is 16.0. The lowest BCUT2D eigenvalue weighted by Crippen LogP contribution is -2.29. The minimum absolute atomic E-state index is 0.00570. The monoisotopic (exact) mass is 487 g/mol. The van der Waals surface area contributed by atoms with Gasteiger partial charge in [0, 0.05) is 17.7 Å². The van der Waals surface area contributed by atoms with E-state index < -0.39 is 5.82 Å². The van der Waals surface area contributed by atoms with Gasteiger partial charge in [0.2, 0.25) is 11.5 Å². The fourth-order valence-corrected chi connectivity index (χ4v) is 4.80. The quantitative estimate of drug-likeness (QED) is 0.309. The summed E-state index contributed by atoms with van der Waals surface area (Å²) in [7, 11) is 0. The van der Waals surface area contributed by atoms with E-state index in [-0.39, 0.29) is 33.9 Å². The number of hydrogen-bond donors (Lipinski definition) is 1. The Bertz CT molecular complexity index is 1410. The first kappa shape index (κ1) is 21.9. The van der Waals surface area contributed by atoms with Crippen LogP contribution in [0.15, 0.2) is 56.8 Å². The number of hydrogen-bond acceptors (Lipinski definition) is 6. The summed E-state index contributed by atoms with van der Waals surface area (Å²) in [5.41, 5.74) is 1.30. The molecule has 1 aliphatic heterocycles. The second kappa shape index (κ2) is 9.17. The van der Waals surface area contributed by atoms with Crippen LogP contribution in [0.5, 0.6) is 0 Å². The molecule has 1 atom stereocenters. The van der Waals surface area contributed by atoms with Gasteiger partial charge in [-0.25, -0.2) is 9.37 Å². The Morgan fingerprint density at radius 1 is 1.30 bits per heavy atom. The molecule has 1 N–H and O–H groups in total. The molecule has 0 spiro atoms. The molecule has 3 heterocycles. The fraction of sp³-hybridized carbons (Fsp3) is 0.261. The number of amides is 1. The van der Waals surface area contributed by atoms with Crippen molar-refractivity contribution in [2.75, 3.05) is 17.7 Å². The SMILES string of the molecule is O=C(CSc1nc2c(oc3ccccc32)c(=O)n1C[C@H]1CCCO1)Nc1ccc(F)c(Cl)c1. The molecule has 2 aromatic carbocycles. The molecule has 170 valence electrons. The van der Waals surface area contributed by atoms with Crippen molar-refractivity contribution in [1.29, 1.82) is 0 Å². The molecule has 0 aliphatic carbocycles. The number of ether oxygens (including phenoxy) is 1. The van der Waals surface area contributed by atoms with E-state index in [4.69, 9.17) is 25.7 Å². The van der Waals surface area contributed by atoms with Gasteiger partial charge in [-0.1, -0.05) is 35.5 Å². The molecular formula is C23H19ClFN3O4S. The second-order valence-corrected chi connectivity index (χ2v) is 9.04. The topological polar surface area (TPSA) is 86.4 Å². The predicted octanol–water partition coefficient (Wildman–Crippen LogP) is 4.85. The van der Waals surface area contributed by atoms with Gasteiger partial charge < -0.3 is 14.5 Å². The third kappa shape index (κ3) is 4.48. The molecular weight excluding hydrogens is 469 g/mol. The minimum Gasteiger partial charge on any atom is -0.448 e. The molecule has 1 saturated heterocycles. The number of nitrogens with one attached hydrogen (secondary N) is 1. The largest absolute Gasteiger partial charge is 0.448 e. The molecule has 33 heavy (non-hydrogen) atoms. The average Bonchev–Trinajstić information content (AvgIpc) is 3.45. The summed E-state index contributed by atoms with van der Waals surface area (Å²) >= 11 is 6.92. The Balaban J connectivity index is 1.45. The zero-order valence-corrected chi connectivity index (χ0v) is 18.9. The van der Waals surface area contributed by atoms with Crippen molar-refractivity contribution in [2.24, 2.45) is 0 Å². The third-order valence-corrected chi connectivity index (χ3v) is 6.66. The van der Waals surface area contributed by atoms with Gasteiger partial charge in [0.1, 0.15) is 16.9 Å². The van der Waals surface area contributed by atoms with Crippen LogP contribution >= 0.6 is 23.4 Å². The Kier molecular flexibility index (Phi) is 6.09. The average molecular weight is 488 g/mol. The van der Waals surface area contributed by atoms with Gasteiger partial charge in [0.05, 0.1) is 23.4 Å². The Hall–Kier alpha value is -2.88. The number of aromatic nitrogens is 2. The highest BCUT2D eigenvalue weighted by Crippen LogP contribution is 2.28. The number of carbonyl (C=O) groups is 1. The third-order valence-electron chi connectivity index (χ3n) is 5.39. The first-order valence-electron chi connectivity index (χ1n) is 10.4. The molecule has 1 fully saturated rings. The first-order chi connectivity index (χ1) is 16.0. The molecule has 7 nitrogen and oxygen atoms in total. The van der Waals surface area contributed by atoms with Crippen LogP contribution < -0.4 is 10.9 Å². The van der Waals surface area contributed by atoms with Crippen molar-refractivity contribution in [2.45, 2.75) is 30.6 Å². The maximum absolute atomic E-state index is 13.4. The lowest BCUT2D eigenvalue weighted by Gasteiger charge is -2.15. The molecule has 0 radical (unpaired) electrons. The Labute approximate surface area is 196 Å². The van der Waals surface area contributed by atoms with E-state index in [1.807, 2.05) is 18.2 Å². The zero-order valence-electron chi connectivity index (χ0n) is 17.3. The van der Waals surface area contributed by atoms with Crippen LogP contribution in [-0.2, 0) is 16.1 Å². The summed E-state index contributed by atoms with van der Waals surface area (Å²) in [5.74, 6) is -0.904. The maximum atomic E-state index is 13.4. The number of thioether (sulfide) groups is 1. The molecule has 1 aliphatic rings. The van der Waals surface area contributed by atoms with E-state index in [0.717, 1.165) is 30.0 Å². The number of halogens is 2. The summed E-state index contributed by atoms with van der Waals surface area (Å²) in [6, 6.07) is 11.3. The summed E-state index contributed by atoms with van der Waals surface area (Å²) in [4.78, 5) is 30.5. The van der Waals surface area contributed by atoms with Crippen LogP contribution in [0.25, 0.3) is 22.1 Å². The van der Waals surface area contributed by atoms with Crippen molar-refractivity contribution < 1.29 is 18.3 Å². The molecule has 10 heteroatoms. The molecule has 1 amide bonds. The number of nitrogens with zero attached hydrogens (tertiary/aromatic N) is 2. The van der Waals surface area contributed by atoms with E-state index in [1.54, 1.807) is 6.07 Å². The van der Waals surface area contributed by atoms with E-state index in [1.165, 1.54) is 22.8 Å². The number of fused-ring (bicyclic) bond motifs is 3. The van der Waals surface area contributed by atoms with Crippen molar-refractivity contribution in [3.05, 3.63) is 63.7 Å². The summed E-state index contributed by atoms with van der Waals surface area (Å²) < 4.78 is 26.4. The van der Waals surface area contributed by atoms with Gasteiger partial charge >= 0.3 is 0 Å². The number of rotatable bonds is 6. The van der Waals surface area contributed by atoms with Crippen LogP contribution in [0.4, 0.5) is 10.1 Å². The number of carbonyl (C=O) groups excluding carboxylic acids is 1. The van der Waals surface area contributed by atoms with Gasteiger partial charge in [0.15, 0.2) is 5.16 Å². The van der Waals surface area contributed by atoms with E-state index in [2.05, 4.69) is 5.32 Å². The Morgan fingerprint density at radius 3 is 2.94 bits per heavy atom. The molecule has 2 aromatic heterocycles. The number of furan rings is 1. The summed E-state index contributed by atoms with van der Waals surface area (Å²) in [6.07, 6.45) is 1.69. The fourth-order valence-electron chi connectivity index (χ4n) is 3.82. The van der Waals surface area contributed by atoms with Crippen LogP contribution in [-0.4, -0.2) is 33.9 Å². The first-order valence-corrected chi connectivity index (χ1v) is 11.8. The van der Waals surface area contributed by atoms with Crippen LogP contribution in [0.1, 0.15) is 12.8 Å². The van der Waals surface area contributed by atoms with Crippen molar-refractivity contribution >= 4 is 57.0 Å². The highest BCUT2D eigenvalue weighted by atomic mass is 35.5. The van der Waals surface area contributed by atoms with Gasteiger partial charge in [-0.3, -0.25) is 14.2 Å². The smallest absolute Gasteiger partial charge is 0.297 e. The molecule has 0 unspecified atom stereocenters. The second-order valence-electron chi connectivity index (χ2n) is 7.69. The van der Waals surface area contributed by atoms with E-state index in [9.17, 15) is 14.0 Å². The molecule has 0 saturated carbocycles. The van der Waals surface area contributed by atoms with Crippen molar-refractivity contribution in [3.8, 4) is 0 Å².